The van der Waals surface area contributed by atoms with Gasteiger partial charge < -0.3 is 10.4 Å². The van der Waals surface area contributed by atoms with Crippen molar-refractivity contribution in [3.05, 3.63) is 24.3 Å². The Kier molecular flexibility index (Phi) is 2.90. The van der Waals surface area contributed by atoms with E-state index in [0.717, 1.165) is 5.69 Å². The molecule has 1 fully saturated rings. The van der Waals surface area contributed by atoms with E-state index in [1.807, 2.05) is 0 Å². The van der Waals surface area contributed by atoms with Crippen molar-refractivity contribution in [2.75, 3.05) is 5.32 Å². The number of anilines is 1. The van der Waals surface area contributed by atoms with Gasteiger partial charge in [0.15, 0.2) is 0 Å². The summed E-state index contributed by atoms with van der Waals surface area (Å²) in [6.07, 6.45) is 4.25. The Balaban J connectivity index is 1.84. The van der Waals surface area contributed by atoms with Crippen molar-refractivity contribution in [1.29, 1.82) is 0 Å². The van der Waals surface area contributed by atoms with Crippen LogP contribution < -0.4 is 5.32 Å². The first-order valence-corrected chi connectivity index (χ1v) is 5.33. The number of nitrogens with one attached hydrogen (secondary N) is 1. The van der Waals surface area contributed by atoms with E-state index >= 15 is 0 Å². The second kappa shape index (κ2) is 4.34. The molecule has 0 aromatic heterocycles. The lowest BCUT2D eigenvalue weighted by Gasteiger charge is -2.24. The first-order valence-electron chi connectivity index (χ1n) is 5.33. The van der Waals surface area contributed by atoms with E-state index in [1.165, 1.54) is 19.3 Å². The third-order valence-electron chi connectivity index (χ3n) is 2.85. The largest absolute Gasteiger partial charge is 0.508 e. The molecular weight excluding hydrogens is 190 g/mol. The van der Waals surface area contributed by atoms with Crippen LogP contribution in [0.1, 0.15) is 25.7 Å². The first-order chi connectivity index (χ1) is 7.24. The zero-order valence-corrected chi connectivity index (χ0v) is 8.57. The molecule has 0 heterocycles. The van der Waals surface area contributed by atoms with Gasteiger partial charge in [-0.25, -0.2) is 0 Å². The van der Waals surface area contributed by atoms with Crippen molar-refractivity contribution in [1.82, 2.24) is 0 Å². The van der Waals surface area contributed by atoms with Gasteiger partial charge in [0, 0.05) is 12.1 Å². The van der Waals surface area contributed by atoms with Crippen LogP contribution in [0.15, 0.2) is 24.3 Å². The molecule has 1 aromatic carbocycles. The second-order valence-electron chi connectivity index (χ2n) is 4.10. The van der Waals surface area contributed by atoms with Crippen LogP contribution in [0.25, 0.3) is 0 Å². The van der Waals surface area contributed by atoms with Gasteiger partial charge in [0.05, 0.1) is 0 Å². The molecule has 0 atom stereocenters. The summed E-state index contributed by atoms with van der Waals surface area (Å²) in [5.74, 6) is 0.875. The number of hydrogen-bond acceptors (Lipinski definition) is 2. The van der Waals surface area contributed by atoms with Gasteiger partial charge in [-0.3, -0.25) is 4.79 Å². The average Bonchev–Trinajstić information content (AvgIpc) is 2.16. The standard InChI is InChI=1S/C12H15NO2/c14-11-6-4-10(5-7-11)13-12(15)8-9-2-1-3-9/h4-7,9,14H,1-3,8H2,(H,13,15). The molecule has 0 saturated heterocycles. The highest BCUT2D eigenvalue weighted by molar-refractivity contribution is 5.90. The number of carbonyl (C=O) groups excluding carboxylic acids is 1. The highest BCUT2D eigenvalue weighted by atomic mass is 16.3. The Morgan fingerprint density at radius 2 is 2.00 bits per heavy atom. The summed E-state index contributed by atoms with van der Waals surface area (Å²) in [5.41, 5.74) is 0.747. The van der Waals surface area contributed by atoms with E-state index in [1.54, 1.807) is 24.3 Å². The molecule has 15 heavy (non-hydrogen) atoms. The van der Waals surface area contributed by atoms with E-state index < -0.39 is 0 Å². The van der Waals surface area contributed by atoms with Gasteiger partial charge in [-0.2, -0.15) is 0 Å². The maximum Gasteiger partial charge on any atom is 0.224 e. The van der Waals surface area contributed by atoms with Crippen LogP contribution in [0.2, 0.25) is 0 Å². The van der Waals surface area contributed by atoms with Crippen molar-refractivity contribution in [2.24, 2.45) is 5.92 Å². The fourth-order valence-corrected chi connectivity index (χ4v) is 1.72. The van der Waals surface area contributed by atoms with Crippen LogP contribution in [-0.2, 0) is 4.79 Å². The van der Waals surface area contributed by atoms with Crippen LogP contribution in [-0.4, -0.2) is 11.0 Å². The molecule has 1 saturated carbocycles. The van der Waals surface area contributed by atoms with Crippen molar-refractivity contribution in [3.63, 3.8) is 0 Å². The molecule has 3 heteroatoms. The highest BCUT2D eigenvalue weighted by Gasteiger charge is 2.20. The smallest absolute Gasteiger partial charge is 0.224 e. The molecule has 0 unspecified atom stereocenters. The van der Waals surface area contributed by atoms with Crippen LogP contribution in [0.3, 0.4) is 0 Å². The minimum Gasteiger partial charge on any atom is -0.508 e. The van der Waals surface area contributed by atoms with Gasteiger partial charge in [-0.15, -0.1) is 0 Å². The SMILES string of the molecule is O=C(CC1CCC1)Nc1ccc(O)cc1. The Morgan fingerprint density at radius 3 is 2.53 bits per heavy atom. The van der Waals surface area contributed by atoms with Crippen molar-refractivity contribution >= 4 is 11.6 Å². The molecule has 1 aliphatic rings. The lowest BCUT2D eigenvalue weighted by atomic mass is 9.83. The van der Waals surface area contributed by atoms with Crippen LogP contribution >= 0.6 is 0 Å². The number of amides is 1. The van der Waals surface area contributed by atoms with Crippen molar-refractivity contribution < 1.29 is 9.90 Å². The third kappa shape index (κ3) is 2.72. The molecule has 0 radical (unpaired) electrons. The van der Waals surface area contributed by atoms with E-state index in [2.05, 4.69) is 5.32 Å². The summed E-state index contributed by atoms with van der Waals surface area (Å²) in [5, 5.41) is 11.9. The molecule has 0 bridgehead atoms. The normalized spacial score (nSPS) is 15.7. The van der Waals surface area contributed by atoms with Gasteiger partial charge in [-0.1, -0.05) is 6.42 Å². The number of phenolic OH excluding ortho intramolecular Hbond substituents is 1. The molecule has 0 spiro atoms. The fourth-order valence-electron chi connectivity index (χ4n) is 1.72. The van der Waals surface area contributed by atoms with Crippen molar-refractivity contribution in [3.8, 4) is 5.75 Å². The van der Waals surface area contributed by atoms with Crippen LogP contribution in [0.4, 0.5) is 5.69 Å². The first kappa shape index (κ1) is 10.0. The third-order valence-corrected chi connectivity index (χ3v) is 2.85. The molecule has 2 N–H and O–H groups in total. The maximum absolute atomic E-state index is 11.5. The Bertz CT molecular complexity index is 341. The predicted octanol–water partition coefficient (Wildman–Crippen LogP) is 2.52. The summed E-state index contributed by atoms with van der Waals surface area (Å²) in [4.78, 5) is 11.5. The Hall–Kier alpha value is -1.51. The number of benzene rings is 1. The minimum atomic E-state index is 0.0744. The van der Waals surface area contributed by atoms with E-state index in [0.29, 0.717) is 12.3 Å². The van der Waals surface area contributed by atoms with Gasteiger partial charge >= 0.3 is 0 Å². The summed E-state index contributed by atoms with van der Waals surface area (Å²) < 4.78 is 0. The van der Waals surface area contributed by atoms with Gasteiger partial charge in [0.25, 0.3) is 0 Å². The number of rotatable bonds is 3. The monoisotopic (exact) mass is 205 g/mol. The topological polar surface area (TPSA) is 49.3 Å². The lowest BCUT2D eigenvalue weighted by Crippen LogP contribution is -2.20. The van der Waals surface area contributed by atoms with Crippen LogP contribution in [0.5, 0.6) is 5.75 Å². The number of aromatic hydroxyl groups is 1. The highest BCUT2D eigenvalue weighted by Crippen LogP contribution is 2.29. The molecule has 1 aliphatic carbocycles. The van der Waals surface area contributed by atoms with Gasteiger partial charge in [0.2, 0.25) is 5.91 Å². The zero-order valence-electron chi connectivity index (χ0n) is 8.57. The summed E-state index contributed by atoms with van der Waals surface area (Å²) in [7, 11) is 0. The summed E-state index contributed by atoms with van der Waals surface area (Å²) in [6, 6.07) is 6.54. The average molecular weight is 205 g/mol. The Labute approximate surface area is 89.1 Å². The van der Waals surface area contributed by atoms with Crippen molar-refractivity contribution in [2.45, 2.75) is 25.7 Å². The van der Waals surface area contributed by atoms with Gasteiger partial charge in [-0.05, 0) is 43.0 Å². The maximum atomic E-state index is 11.5. The number of hydrogen-bond donors (Lipinski definition) is 2. The molecule has 1 aromatic rings. The number of phenols is 1. The van der Waals surface area contributed by atoms with E-state index in [4.69, 9.17) is 5.11 Å². The Morgan fingerprint density at radius 1 is 1.33 bits per heavy atom. The zero-order chi connectivity index (χ0) is 10.7. The molecule has 2 rings (SSSR count). The molecule has 80 valence electrons. The fraction of sp³-hybridized carbons (Fsp3) is 0.417. The van der Waals surface area contributed by atoms with Gasteiger partial charge in [0.1, 0.15) is 5.75 Å². The molecular formula is C12H15NO2. The quantitative estimate of drug-likeness (QED) is 0.745. The molecule has 1 amide bonds. The van der Waals surface area contributed by atoms with E-state index in [9.17, 15) is 4.79 Å². The van der Waals surface area contributed by atoms with Crippen LogP contribution in [0, 0.1) is 5.92 Å². The predicted molar refractivity (Wildman–Crippen MR) is 58.7 cm³/mol. The molecule has 3 nitrogen and oxygen atoms in total. The van der Waals surface area contributed by atoms with E-state index in [-0.39, 0.29) is 11.7 Å². The molecule has 0 aliphatic heterocycles. The lowest BCUT2D eigenvalue weighted by molar-refractivity contribution is -0.117. The minimum absolute atomic E-state index is 0.0744. The summed E-state index contributed by atoms with van der Waals surface area (Å²) in [6.45, 7) is 0. The second-order valence-corrected chi connectivity index (χ2v) is 4.10. The number of carbonyl (C=O) groups is 1. The summed E-state index contributed by atoms with van der Waals surface area (Å²) >= 11 is 0.